The van der Waals surface area contributed by atoms with Gasteiger partial charge >= 0.3 is 6.80 Å². The van der Waals surface area contributed by atoms with Gasteiger partial charge in [-0.05, 0) is 42.9 Å². The Kier molecular flexibility index (Phi) is 9.85. The highest BCUT2D eigenvalue weighted by Gasteiger charge is 2.27. The maximum Gasteiger partial charge on any atom is 0.440 e. The van der Waals surface area contributed by atoms with Crippen molar-refractivity contribution in [1.29, 1.82) is 0 Å². The fraction of sp³-hybridized carbons (Fsp3) is 0.455. The van der Waals surface area contributed by atoms with E-state index in [1.165, 1.54) is 11.4 Å². The molecular weight excluding hydrogens is 394 g/mol. The normalized spacial score (nSPS) is 13.5. The molecule has 0 N–H and O–H groups in total. The maximum atomic E-state index is 12.4. The molecular formula is C11H16BrCl2O3PS. The highest BCUT2D eigenvalue weighted by atomic mass is 79.9. The largest absolute Gasteiger partial charge is 0.440 e. The van der Waals surface area contributed by atoms with Crippen LogP contribution in [-0.4, -0.2) is 12.4 Å². The number of hydrogen-bond donors (Lipinski definition) is 0. The van der Waals surface area contributed by atoms with Crippen LogP contribution in [0.5, 0.6) is 5.75 Å². The molecule has 1 unspecified atom stereocenters. The number of benzene rings is 1. The number of rotatable bonds is 7. The molecule has 0 aromatic heterocycles. The fourth-order valence-electron chi connectivity index (χ4n) is 1.12. The summed E-state index contributed by atoms with van der Waals surface area (Å²) in [7, 11) is 0. The summed E-state index contributed by atoms with van der Waals surface area (Å²) < 4.78 is 24.0. The summed E-state index contributed by atoms with van der Waals surface area (Å²) in [6.45, 7) is 0.946. The third kappa shape index (κ3) is 6.74. The second kappa shape index (κ2) is 9.54. The molecule has 1 aromatic carbocycles. The SMILES string of the molecule is CCCSP(=O)(OCC)Oc1ccc(Br)cc1Cl.Cl. The predicted molar refractivity (Wildman–Crippen MR) is 89.0 cm³/mol. The van der Waals surface area contributed by atoms with E-state index in [0.717, 1.165) is 10.9 Å². The number of halogens is 3. The molecule has 0 bridgehead atoms. The van der Waals surface area contributed by atoms with E-state index >= 15 is 0 Å². The lowest BCUT2D eigenvalue weighted by molar-refractivity contribution is 0.296. The lowest BCUT2D eigenvalue weighted by Gasteiger charge is -2.18. The molecule has 1 rings (SSSR count). The van der Waals surface area contributed by atoms with E-state index in [-0.39, 0.29) is 12.4 Å². The average molecular weight is 410 g/mol. The summed E-state index contributed by atoms with van der Waals surface area (Å²) in [5.74, 6) is 1.09. The van der Waals surface area contributed by atoms with Crippen molar-refractivity contribution in [2.45, 2.75) is 20.3 Å². The van der Waals surface area contributed by atoms with Crippen LogP contribution in [0.3, 0.4) is 0 Å². The van der Waals surface area contributed by atoms with E-state index in [1.807, 2.05) is 6.92 Å². The third-order valence-electron chi connectivity index (χ3n) is 1.84. The first kappa shape index (κ1) is 19.6. The zero-order valence-corrected chi connectivity index (χ0v) is 15.5. The Morgan fingerprint density at radius 1 is 1.42 bits per heavy atom. The smallest absolute Gasteiger partial charge is 0.415 e. The molecule has 1 aromatic rings. The van der Waals surface area contributed by atoms with Gasteiger partial charge < -0.3 is 4.52 Å². The lowest BCUT2D eigenvalue weighted by Crippen LogP contribution is -1.96. The summed E-state index contributed by atoms with van der Waals surface area (Å²) in [5, 5.41) is 0.404. The molecule has 0 saturated heterocycles. The molecule has 0 aliphatic rings. The first-order valence-corrected chi connectivity index (χ1v) is 9.85. The van der Waals surface area contributed by atoms with Crippen LogP contribution in [0.2, 0.25) is 5.02 Å². The van der Waals surface area contributed by atoms with Crippen LogP contribution in [0.15, 0.2) is 22.7 Å². The molecule has 0 aliphatic carbocycles. The Morgan fingerprint density at radius 2 is 2.11 bits per heavy atom. The molecule has 3 nitrogen and oxygen atoms in total. The molecule has 0 spiro atoms. The van der Waals surface area contributed by atoms with Gasteiger partial charge in [-0.1, -0.05) is 34.5 Å². The van der Waals surface area contributed by atoms with E-state index < -0.39 is 6.80 Å². The summed E-state index contributed by atoms with van der Waals surface area (Å²) in [5.41, 5.74) is 0. The Balaban J connectivity index is 0.00000324. The van der Waals surface area contributed by atoms with E-state index in [0.29, 0.717) is 23.1 Å². The third-order valence-corrected chi connectivity index (χ3v) is 6.57. The predicted octanol–water partition coefficient (Wildman–Crippen LogP) is 6.19. The minimum absolute atomic E-state index is 0. The van der Waals surface area contributed by atoms with E-state index in [2.05, 4.69) is 15.9 Å². The zero-order valence-electron chi connectivity index (χ0n) is 10.6. The van der Waals surface area contributed by atoms with E-state index in [9.17, 15) is 4.57 Å². The van der Waals surface area contributed by atoms with Crippen molar-refractivity contribution >= 4 is 58.1 Å². The van der Waals surface area contributed by atoms with Gasteiger partial charge in [0.15, 0.2) is 0 Å². The van der Waals surface area contributed by atoms with Gasteiger partial charge in [-0.15, -0.1) is 12.4 Å². The van der Waals surface area contributed by atoms with Gasteiger partial charge in [0.1, 0.15) is 5.75 Å². The Morgan fingerprint density at radius 3 is 2.63 bits per heavy atom. The topological polar surface area (TPSA) is 35.5 Å². The monoisotopic (exact) mass is 408 g/mol. The van der Waals surface area contributed by atoms with Crippen molar-refractivity contribution in [1.82, 2.24) is 0 Å². The van der Waals surface area contributed by atoms with Gasteiger partial charge in [-0.2, -0.15) is 0 Å². The second-order valence-corrected chi connectivity index (χ2v) is 8.81. The van der Waals surface area contributed by atoms with Gasteiger partial charge in [-0.25, -0.2) is 4.57 Å². The molecule has 0 aliphatic heterocycles. The van der Waals surface area contributed by atoms with Crippen LogP contribution >= 0.6 is 58.1 Å². The molecule has 1 atom stereocenters. The summed E-state index contributed by atoms with van der Waals surface area (Å²) in [6.07, 6.45) is 0.902. The van der Waals surface area contributed by atoms with Crippen molar-refractivity contribution in [3.8, 4) is 5.75 Å². The summed E-state index contributed by atoms with van der Waals surface area (Å²) >= 11 is 10.5. The second-order valence-electron chi connectivity index (χ2n) is 3.36. The highest BCUT2D eigenvalue weighted by molar-refractivity contribution is 9.10. The van der Waals surface area contributed by atoms with Crippen LogP contribution in [0.25, 0.3) is 0 Å². The molecule has 0 radical (unpaired) electrons. The molecule has 110 valence electrons. The van der Waals surface area contributed by atoms with Crippen molar-refractivity contribution in [3.05, 3.63) is 27.7 Å². The van der Waals surface area contributed by atoms with Crippen LogP contribution in [0.4, 0.5) is 0 Å². The van der Waals surface area contributed by atoms with Crippen LogP contribution < -0.4 is 4.52 Å². The van der Waals surface area contributed by atoms with Crippen molar-refractivity contribution in [2.24, 2.45) is 0 Å². The standard InChI is InChI=1S/C11H15BrClO3PS.ClH/c1-3-7-18-17(14,15-4-2)16-11-6-5-9(12)8-10(11)13;/h5-6,8H,3-4,7H2,1-2H3;1H. The van der Waals surface area contributed by atoms with Gasteiger partial charge in [0.25, 0.3) is 0 Å². The fourth-order valence-corrected chi connectivity index (χ4v) is 5.35. The van der Waals surface area contributed by atoms with Crippen molar-refractivity contribution in [3.63, 3.8) is 0 Å². The van der Waals surface area contributed by atoms with E-state index in [4.69, 9.17) is 20.6 Å². The average Bonchev–Trinajstić information content (AvgIpc) is 2.31. The van der Waals surface area contributed by atoms with Gasteiger partial charge in [0.2, 0.25) is 0 Å². The molecule has 0 saturated carbocycles. The highest BCUT2D eigenvalue weighted by Crippen LogP contribution is 2.60. The Hall–Kier alpha value is 0.620. The molecule has 0 amide bonds. The molecule has 0 heterocycles. The lowest BCUT2D eigenvalue weighted by atomic mass is 10.3. The van der Waals surface area contributed by atoms with Gasteiger partial charge in [0.05, 0.1) is 11.6 Å². The maximum absolute atomic E-state index is 12.4. The minimum atomic E-state index is -3.18. The van der Waals surface area contributed by atoms with Gasteiger partial charge in [0, 0.05) is 10.2 Å². The van der Waals surface area contributed by atoms with Crippen LogP contribution in [-0.2, 0) is 9.09 Å². The summed E-state index contributed by atoms with van der Waals surface area (Å²) in [4.78, 5) is 0. The van der Waals surface area contributed by atoms with Gasteiger partial charge in [-0.3, -0.25) is 4.52 Å². The van der Waals surface area contributed by atoms with Crippen molar-refractivity contribution < 1.29 is 13.6 Å². The first-order chi connectivity index (χ1) is 8.50. The summed E-state index contributed by atoms with van der Waals surface area (Å²) in [6, 6.07) is 5.14. The quantitative estimate of drug-likeness (QED) is 0.503. The number of hydrogen-bond acceptors (Lipinski definition) is 4. The molecule has 19 heavy (non-hydrogen) atoms. The Labute approximate surface area is 137 Å². The molecule has 0 fully saturated rings. The van der Waals surface area contributed by atoms with Crippen LogP contribution in [0.1, 0.15) is 20.3 Å². The van der Waals surface area contributed by atoms with E-state index in [1.54, 1.807) is 25.1 Å². The van der Waals surface area contributed by atoms with Crippen molar-refractivity contribution in [2.75, 3.05) is 12.4 Å². The van der Waals surface area contributed by atoms with Crippen LogP contribution in [0, 0.1) is 0 Å². The first-order valence-electron chi connectivity index (χ1n) is 5.54. The molecule has 8 heteroatoms. The Bertz CT molecular complexity index is 448. The minimum Gasteiger partial charge on any atom is -0.415 e. The zero-order chi connectivity index (χ0) is 13.6.